The SMILES string of the molecule is Cc1cc(F)c(C(=O)Nc2ccc(CN3CCC(N(C)C)C3)c(C(F)(F)F)c2)cc1C#Cc1cnc2c(Nc3cn[nH]c3)cccn12. The van der Waals surface area contributed by atoms with Gasteiger partial charge in [-0.2, -0.15) is 18.3 Å². The molecule has 1 aliphatic heterocycles. The van der Waals surface area contributed by atoms with Crippen LogP contribution in [0.1, 0.15) is 44.7 Å². The molecule has 3 N–H and O–H groups in total. The maximum Gasteiger partial charge on any atom is 0.416 e. The lowest BCUT2D eigenvalue weighted by atomic mass is 10.0. The Morgan fingerprint density at radius 1 is 1.13 bits per heavy atom. The summed E-state index contributed by atoms with van der Waals surface area (Å²) in [5, 5.41) is 12.3. The number of anilines is 3. The molecule has 1 amide bonds. The molecule has 1 aliphatic rings. The second-order valence-corrected chi connectivity index (χ2v) is 11.7. The zero-order chi connectivity index (χ0) is 33.3. The molecule has 0 aliphatic carbocycles. The zero-order valence-corrected chi connectivity index (χ0v) is 25.9. The number of aryl methyl sites for hydroxylation is 1. The van der Waals surface area contributed by atoms with E-state index < -0.39 is 23.5 Å². The number of hydrogen-bond acceptors (Lipinski definition) is 6. The van der Waals surface area contributed by atoms with Crippen molar-refractivity contribution in [3.63, 3.8) is 0 Å². The molecule has 5 aromatic rings. The van der Waals surface area contributed by atoms with Crippen molar-refractivity contribution in [3.05, 3.63) is 107 Å². The number of hydrogen-bond donors (Lipinski definition) is 3. The molecule has 9 nitrogen and oxygen atoms in total. The van der Waals surface area contributed by atoms with Crippen molar-refractivity contribution < 1.29 is 22.4 Å². The molecule has 47 heavy (non-hydrogen) atoms. The Morgan fingerprint density at radius 3 is 2.68 bits per heavy atom. The number of carbonyl (C=O) groups is 1. The topological polar surface area (TPSA) is 93.6 Å². The van der Waals surface area contributed by atoms with E-state index in [1.807, 2.05) is 31.1 Å². The minimum atomic E-state index is -4.64. The number of aromatic amines is 1. The Morgan fingerprint density at radius 2 is 1.96 bits per heavy atom. The average Bonchev–Trinajstić information content (AvgIpc) is 3.79. The second-order valence-electron chi connectivity index (χ2n) is 11.7. The number of fused-ring (bicyclic) bond motifs is 1. The first-order chi connectivity index (χ1) is 22.5. The second kappa shape index (κ2) is 12.9. The van der Waals surface area contributed by atoms with E-state index in [2.05, 4.69) is 42.6 Å². The van der Waals surface area contributed by atoms with Crippen molar-refractivity contribution >= 4 is 28.6 Å². The fraction of sp³-hybridized carbons (Fsp3) is 0.265. The van der Waals surface area contributed by atoms with Gasteiger partial charge in [-0.05, 0) is 80.9 Å². The summed E-state index contributed by atoms with van der Waals surface area (Å²) in [5.41, 5.74) is 2.39. The van der Waals surface area contributed by atoms with Gasteiger partial charge < -0.3 is 15.5 Å². The van der Waals surface area contributed by atoms with Gasteiger partial charge in [-0.15, -0.1) is 0 Å². The number of rotatable bonds is 7. The number of H-pyrrole nitrogens is 1. The molecule has 6 rings (SSSR count). The summed E-state index contributed by atoms with van der Waals surface area (Å²) in [4.78, 5) is 21.7. The smallest absolute Gasteiger partial charge is 0.350 e. The van der Waals surface area contributed by atoms with Gasteiger partial charge in [-0.1, -0.05) is 12.0 Å². The molecule has 0 saturated carbocycles. The molecular weight excluding hydrogens is 612 g/mol. The number of imidazole rings is 1. The molecule has 2 aromatic carbocycles. The molecule has 0 bridgehead atoms. The van der Waals surface area contributed by atoms with E-state index in [0.29, 0.717) is 35.6 Å². The standard InChI is InChI=1S/C34H32F4N8O/c1-21-13-30(35)28(14-22(21)7-9-26-18-39-32-31(5-4-11-46(26)32)42-25-16-40-41-17-25)33(47)43-24-8-6-23(29(15-24)34(36,37)38)19-45-12-10-27(20-45)44(2)3/h4-6,8,11,13-18,27,42H,10,12,19-20H2,1-3H3,(H,40,41)(H,43,47). The van der Waals surface area contributed by atoms with Crippen LogP contribution in [0.3, 0.4) is 0 Å². The molecule has 242 valence electrons. The van der Waals surface area contributed by atoms with Crippen molar-refractivity contribution in [3.8, 4) is 11.8 Å². The summed E-state index contributed by atoms with van der Waals surface area (Å²) in [6.07, 6.45) is 2.98. The number of pyridine rings is 1. The number of carbonyl (C=O) groups excluding carboxylic acids is 1. The summed E-state index contributed by atoms with van der Waals surface area (Å²) in [7, 11) is 3.91. The Bertz CT molecular complexity index is 1990. The Kier molecular flexibility index (Phi) is 8.72. The van der Waals surface area contributed by atoms with Crippen molar-refractivity contribution in [1.29, 1.82) is 0 Å². The van der Waals surface area contributed by atoms with E-state index in [1.54, 1.807) is 36.1 Å². The third kappa shape index (κ3) is 6.98. The maximum absolute atomic E-state index is 15.0. The van der Waals surface area contributed by atoms with Gasteiger partial charge in [-0.3, -0.25) is 19.2 Å². The Labute approximate surface area is 268 Å². The first-order valence-corrected chi connectivity index (χ1v) is 14.9. The molecule has 0 spiro atoms. The number of nitrogens with zero attached hydrogens (tertiary/aromatic N) is 5. The number of likely N-dealkylation sites (N-methyl/N-ethyl adjacent to an activating group) is 1. The molecule has 1 fully saturated rings. The van der Waals surface area contributed by atoms with Crippen molar-refractivity contribution in [2.24, 2.45) is 0 Å². The zero-order valence-electron chi connectivity index (χ0n) is 25.9. The van der Waals surface area contributed by atoms with Gasteiger partial charge in [0.05, 0.1) is 34.9 Å². The normalized spacial score (nSPS) is 15.2. The quantitative estimate of drug-likeness (QED) is 0.148. The van der Waals surface area contributed by atoms with Gasteiger partial charge in [0.25, 0.3) is 5.91 Å². The van der Waals surface area contributed by atoms with E-state index >= 15 is 4.39 Å². The Balaban J connectivity index is 1.22. The summed E-state index contributed by atoms with van der Waals surface area (Å²) in [6.45, 7) is 3.16. The minimum Gasteiger partial charge on any atom is -0.350 e. The van der Waals surface area contributed by atoms with Crippen LogP contribution in [0, 0.1) is 24.6 Å². The predicted octanol–water partition coefficient (Wildman–Crippen LogP) is 6.06. The van der Waals surface area contributed by atoms with Crippen LogP contribution in [0.2, 0.25) is 0 Å². The van der Waals surface area contributed by atoms with E-state index in [1.165, 1.54) is 24.3 Å². The lowest BCUT2D eigenvalue weighted by Gasteiger charge is -2.22. The average molecular weight is 645 g/mol. The molecule has 0 radical (unpaired) electrons. The first-order valence-electron chi connectivity index (χ1n) is 14.9. The highest BCUT2D eigenvalue weighted by atomic mass is 19.4. The fourth-order valence-electron chi connectivity index (χ4n) is 5.66. The van der Waals surface area contributed by atoms with Crippen molar-refractivity contribution in [2.75, 3.05) is 37.8 Å². The molecule has 1 atom stereocenters. The summed E-state index contributed by atoms with van der Waals surface area (Å²) in [5.74, 6) is 4.33. The first kappa shape index (κ1) is 31.8. The number of benzene rings is 2. The van der Waals surface area contributed by atoms with Gasteiger partial charge in [-0.25, -0.2) is 9.37 Å². The van der Waals surface area contributed by atoms with Gasteiger partial charge in [0, 0.05) is 49.3 Å². The lowest BCUT2D eigenvalue weighted by molar-refractivity contribution is -0.138. The molecule has 1 unspecified atom stereocenters. The summed E-state index contributed by atoms with van der Waals surface area (Å²) < 4.78 is 59.1. The van der Waals surface area contributed by atoms with Gasteiger partial charge in [0.2, 0.25) is 0 Å². The van der Waals surface area contributed by atoms with E-state index in [0.717, 1.165) is 23.9 Å². The van der Waals surface area contributed by atoms with Gasteiger partial charge in [0.1, 0.15) is 11.5 Å². The molecular formula is C34H32F4N8O. The van der Waals surface area contributed by atoms with Crippen LogP contribution in [0.5, 0.6) is 0 Å². The number of nitrogens with one attached hydrogen (secondary N) is 3. The number of halogens is 4. The van der Waals surface area contributed by atoms with Gasteiger partial charge >= 0.3 is 6.18 Å². The highest BCUT2D eigenvalue weighted by Crippen LogP contribution is 2.35. The molecule has 3 aromatic heterocycles. The summed E-state index contributed by atoms with van der Waals surface area (Å²) in [6, 6.07) is 10.1. The third-order valence-electron chi connectivity index (χ3n) is 8.24. The molecule has 1 saturated heterocycles. The number of alkyl halides is 3. The van der Waals surface area contributed by atoms with Crippen molar-refractivity contribution in [2.45, 2.75) is 32.1 Å². The number of aromatic nitrogens is 4. The minimum absolute atomic E-state index is 0.0863. The van der Waals surface area contributed by atoms with Crippen LogP contribution in [0.25, 0.3) is 5.65 Å². The molecule has 13 heteroatoms. The van der Waals surface area contributed by atoms with Crippen LogP contribution in [0.4, 0.5) is 34.6 Å². The van der Waals surface area contributed by atoms with E-state index in [-0.39, 0.29) is 29.4 Å². The van der Waals surface area contributed by atoms with Gasteiger partial charge in [0.15, 0.2) is 5.65 Å². The fourth-order valence-corrected chi connectivity index (χ4v) is 5.66. The predicted molar refractivity (Wildman–Crippen MR) is 171 cm³/mol. The highest BCUT2D eigenvalue weighted by molar-refractivity contribution is 6.04. The largest absolute Gasteiger partial charge is 0.416 e. The van der Waals surface area contributed by atoms with Crippen LogP contribution in [0.15, 0.2) is 67.3 Å². The highest BCUT2D eigenvalue weighted by Gasteiger charge is 2.35. The molecule has 4 heterocycles. The lowest BCUT2D eigenvalue weighted by Crippen LogP contribution is -2.31. The van der Waals surface area contributed by atoms with Crippen LogP contribution >= 0.6 is 0 Å². The maximum atomic E-state index is 15.0. The van der Waals surface area contributed by atoms with Crippen LogP contribution < -0.4 is 10.6 Å². The number of amides is 1. The van der Waals surface area contributed by atoms with Crippen LogP contribution in [-0.4, -0.2) is 68.5 Å². The van der Waals surface area contributed by atoms with Crippen LogP contribution in [-0.2, 0) is 12.7 Å². The monoisotopic (exact) mass is 644 g/mol. The Hall–Kier alpha value is -5.19. The summed E-state index contributed by atoms with van der Waals surface area (Å²) >= 11 is 0. The van der Waals surface area contributed by atoms with E-state index in [4.69, 9.17) is 0 Å². The van der Waals surface area contributed by atoms with E-state index in [9.17, 15) is 18.0 Å². The third-order valence-corrected chi connectivity index (χ3v) is 8.24. The van der Waals surface area contributed by atoms with Crippen molar-refractivity contribution in [1.82, 2.24) is 29.4 Å². The number of likely N-dealkylation sites (tertiary alicyclic amines) is 1.